The van der Waals surface area contributed by atoms with Gasteiger partial charge < -0.3 is 10.4 Å². The summed E-state index contributed by atoms with van der Waals surface area (Å²) in [7, 11) is 0. The second-order valence-electron chi connectivity index (χ2n) is 2.20. The van der Waals surface area contributed by atoms with E-state index in [0.29, 0.717) is 5.92 Å². The van der Waals surface area contributed by atoms with Crippen LogP contribution < -0.4 is 5.32 Å². The van der Waals surface area contributed by atoms with Crippen molar-refractivity contribution in [3.05, 3.63) is 0 Å². The lowest BCUT2D eigenvalue weighted by atomic mass is 10.1. The molecule has 7 heavy (non-hydrogen) atoms. The van der Waals surface area contributed by atoms with E-state index in [1.807, 2.05) is 6.92 Å². The molecular weight excluding hydrogens is 90.1 g/mol. The van der Waals surface area contributed by atoms with Crippen LogP contribution in [0.15, 0.2) is 0 Å². The molecule has 0 saturated carbocycles. The molecule has 2 heteroatoms. The summed E-state index contributed by atoms with van der Waals surface area (Å²) >= 11 is 0. The number of aliphatic hydroxyl groups excluding tert-OH is 1. The first-order chi connectivity index (χ1) is 3.30. The van der Waals surface area contributed by atoms with Crippen molar-refractivity contribution in [3.63, 3.8) is 0 Å². The summed E-state index contributed by atoms with van der Waals surface area (Å²) < 4.78 is 0. The minimum atomic E-state index is -0.0972. The van der Waals surface area contributed by atoms with Crippen LogP contribution in [0.2, 0.25) is 0 Å². The van der Waals surface area contributed by atoms with Gasteiger partial charge in [-0.05, 0) is 5.92 Å². The molecule has 0 amide bonds. The first kappa shape index (κ1) is 5.06. The maximum Gasteiger partial charge on any atom is 0.0702 e. The van der Waals surface area contributed by atoms with Gasteiger partial charge in [0.25, 0.3) is 0 Å². The molecule has 0 aromatic rings. The van der Waals surface area contributed by atoms with Crippen LogP contribution in [0.4, 0.5) is 0 Å². The molecule has 2 nitrogen and oxygen atoms in total. The smallest absolute Gasteiger partial charge is 0.0702 e. The molecule has 0 bridgehead atoms. The van der Waals surface area contributed by atoms with E-state index in [0.717, 1.165) is 13.1 Å². The molecule has 0 aromatic carbocycles. The van der Waals surface area contributed by atoms with Crippen molar-refractivity contribution in [2.24, 2.45) is 5.92 Å². The zero-order valence-corrected chi connectivity index (χ0v) is 4.52. The zero-order valence-electron chi connectivity index (χ0n) is 4.52. The summed E-state index contributed by atoms with van der Waals surface area (Å²) in [6.45, 7) is 3.80. The Morgan fingerprint density at radius 2 is 2.29 bits per heavy atom. The van der Waals surface area contributed by atoms with Gasteiger partial charge in [0.05, 0.1) is 6.10 Å². The molecule has 2 N–H and O–H groups in total. The lowest BCUT2D eigenvalue weighted by molar-refractivity contribution is 0.156. The van der Waals surface area contributed by atoms with Crippen molar-refractivity contribution in [2.75, 3.05) is 13.1 Å². The standard InChI is InChI=1S/C5H11NO/c1-4-2-6-3-5(4)7/h4-7H,2-3H2,1H3/t4-,5+/m1/s1. The predicted molar refractivity (Wildman–Crippen MR) is 28.0 cm³/mol. The van der Waals surface area contributed by atoms with Gasteiger partial charge in [0.1, 0.15) is 0 Å². The van der Waals surface area contributed by atoms with Gasteiger partial charge in [-0.2, -0.15) is 0 Å². The van der Waals surface area contributed by atoms with Gasteiger partial charge >= 0.3 is 0 Å². The molecule has 1 heterocycles. The van der Waals surface area contributed by atoms with Crippen molar-refractivity contribution in [2.45, 2.75) is 13.0 Å². The van der Waals surface area contributed by atoms with Crippen LogP contribution in [0, 0.1) is 5.92 Å². The molecule has 0 aromatic heterocycles. The largest absolute Gasteiger partial charge is 0.391 e. The Balaban J connectivity index is 2.33. The van der Waals surface area contributed by atoms with Crippen LogP contribution in [-0.4, -0.2) is 24.3 Å². The summed E-state index contributed by atoms with van der Waals surface area (Å²) in [4.78, 5) is 0. The van der Waals surface area contributed by atoms with E-state index < -0.39 is 0 Å². The SMILES string of the molecule is C[C@@H]1CNC[C@@H]1O. The van der Waals surface area contributed by atoms with Crippen LogP contribution in [0.3, 0.4) is 0 Å². The van der Waals surface area contributed by atoms with E-state index >= 15 is 0 Å². The van der Waals surface area contributed by atoms with Gasteiger partial charge in [-0.3, -0.25) is 0 Å². The molecule has 0 radical (unpaired) electrons. The summed E-state index contributed by atoms with van der Waals surface area (Å²) in [5, 5.41) is 12.0. The lowest BCUT2D eigenvalue weighted by Gasteiger charge is -2.02. The third kappa shape index (κ3) is 0.924. The Hall–Kier alpha value is -0.0800. The third-order valence-corrected chi connectivity index (χ3v) is 1.48. The third-order valence-electron chi connectivity index (χ3n) is 1.48. The van der Waals surface area contributed by atoms with Gasteiger partial charge in [0.15, 0.2) is 0 Å². The summed E-state index contributed by atoms with van der Waals surface area (Å²) in [5.74, 6) is 0.458. The minimum Gasteiger partial charge on any atom is -0.391 e. The average molecular weight is 101 g/mol. The van der Waals surface area contributed by atoms with Gasteiger partial charge in [-0.25, -0.2) is 0 Å². The van der Waals surface area contributed by atoms with E-state index in [4.69, 9.17) is 5.11 Å². The highest BCUT2D eigenvalue weighted by Gasteiger charge is 2.18. The van der Waals surface area contributed by atoms with E-state index in [1.54, 1.807) is 0 Å². The van der Waals surface area contributed by atoms with Crippen LogP contribution >= 0.6 is 0 Å². The maximum absolute atomic E-state index is 8.94. The second-order valence-corrected chi connectivity index (χ2v) is 2.20. The number of β-amino-alcohol motifs (C(OH)–C–C–N with tert-alkyl or cyclic N) is 1. The summed E-state index contributed by atoms with van der Waals surface area (Å²) in [6.07, 6.45) is -0.0972. The fourth-order valence-corrected chi connectivity index (χ4v) is 0.796. The number of aliphatic hydroxyl groups is 1. The number of hydrogen-bond acceptors (Lipinski definition) is 2. The van der Waals surface area contributed by atoms with E-state index in [1.165, 1.54) is 0 Å². The average Bonchev–Trinajstić information content (AvgIpc) is 1.91. The fraction of sp³-hybridized carbons (Fsp3) is 1.00. The van der Waals surface area contributed by atoms with Gasteiger partial charge in [0, 0.05) is 13.1 Å². The molecule has 1 rings (SSSR count). The van der Waals surface area contributed by atoms with Crippen molar-refractivity contribution in [1.82, 2.24) is 5.32 Å². The van der Waals surface area contributed by atoms with Crippen LogP contribution in [0.5, 0.6) is 0 Å². The molecule has 1 fully saturated rings. The Bertz CT molecular complexity index is 57.1. The Morgan fingerprint density at radius 3 is 2.43 bits per heavy atom. The normalized spacial score (nSPS) is 42.0. The van der Waals surface area contributed by atoms with Crippen LogP contribution in [0.25, 0.3) is 0 Å². The molecule has 1 aliphatic heterocycles. The predicted octanol–water partition coefficient (Wildman–Crippen LogP) is -0.413. The lowest BCUT2D eigenvalue weighted by Crippen LogP contribution is -2.14. The molecule has 2 atom stereocenters. The number of hydrogen-bond donors (Lipinski definition) is 2. The monoisotopic (exact) mass is 101 g/mol. The Labute approximate surface area is 43.5 Å². The fourth-order valence-electron chi connectivity index (χ4n) is 0.796. The van der Waals surface area contributed by atoms with Gasteiger partial charge in [-0.1, -0.05) is 6.92 Å². The molecule has 1 saturated heterocycles. The molecule has 0 unspecified atom stereocenters. The summed E-state index contributed by atoms with van der Waals surface area (Å²) in [5.41, 5.74) is 0. The maximum atomic E-state index is 8.94. The van der Waals surface area contributed by atoms with Crippen LogP contribution in [-0.2, 0) is 0 Å². The Kier molecular flexibility index (Phi) is 1.30. The van der Waals surface area contributed by atoms with Crippen molar-refractivity contribution >= 4 is 0 Å². The second kappa shape index (κ2) is 1.80. The zero-order chi connectivity index (χ0) is 5.28. The molecule has 0 aliphatic carbocycles. The van der Waals surface area contributed by atoms with Crippen LogP contribution in [0.1, 0.15) is 6.92 Å². The quantitative estimate of drug-likeness (QED) is 0.434. The molecular formula is C5H11NO. The van der Waals surface area contributed by atoms with Crippen molar-refractivity contribution in [3.8, 4) is 0 Å². The minimum absolute atomic E-state index is 0.0972. The molecule has 0 spiro atoms. The van der Waals surface area contributed by atoms with E-state index in [2.05, 4.69) is 5.32 Å². The highest BCUT2D eigenvalue weighted by Crippen LogP contribution is 2.05. The highest BCUT2D eigenvalue weighted by molar-refractivity contribution is 4.75. The first-order valence-corrected chi connectivity index (χ1v) is 2.69. The van der Waals surface area contributed by atoms with E-state index in [-0.39, 0.29) is 6.10 Å². The summed E-state index contributed by atoms with van der Waals surface area (Å²) in [6, 6.07) is 0. The number of nitrogens with one attached hydrogen (secondary N) is 1. The Morgan fingerprint density at radius 1 is 1.57 bits per heavy atom. The highest BCUT2D eigenvalue weighted by atomic mass is 16.3. The topological polar surface area (TPSA) is 32.3 Å². The van der Waals surface area contributed by atoms with Crippen molar-refractivity contribution < 1.29 is 5.11 Å². The molecule has 42 valence electrons. The van der Waals surface area contributed by atoms with Gasteiger partial charge in [0.2, 0.25) is 0 Å². The van der Waals surface area contributed by atoms with E-state index in [9.17, 15) is 0 Å². The van der Waals surface area contributed by atoms with Gasteiger partial charge in [-0.15, -0.1) is 0 Å². The first-order valence-electron chi connectivity index (χ1n) is 2.69. The molecule has 1 aliphatic rings. The number of rotatable bonds is 0. The van der Waals surface area contributed by atoms with Crippen molar-refractivity contribution in [1.29, 1.82) is 0 Å².